The van der Waals surface area contributed by atoms with E-state index in [1.807, 2.05) is 6.92 Å². The molecule has 0 saturated heterocycles. The van der Waals surface area contributed by atoms with Gasteiger partial charge in [0.15, 0.2) is 11.6 Å². The normalized spacial score (nSPS) is 11.3. The maximum atomic E-state index is 13.0. The maximum absolute atomic E-state index is 13.0. The number of hydrogen-bond donors (Lipinski definition) is 2. The van der Waals surface area contributed by atoms with Crippen molar-refractivity contribution < 1.29 is 22.0 Å². The third kappa shape index (κ3) is 4.57. The van der Waals surface area contributed by atoms with Crippen molar-refractivity contribution in [1.82, 2.24) is 4.72 Å². The van der Waals surface area contributed by atoms with Gasteiger partial charge in [0.25, 0.3) is 0 Å². The molecule has 0 spiro atoms. The molecule has 8 heteroatoms. The molecule has 0 radical (unpaired) electrons. The van der Waals surface area contributed by atoms with Gasteiger partial charge in [-0.15, -0.1) is 0 Å². The molecule has 0 aliphatic carbocycles. The van der Waals surface area contributed by atoms with Crippen LogP contribution in [0.5, 0.6) is 0 Å². The van der Waals surface area contributed by atoms with Crippen LogP contribution in [0.1, 0.15) is 5.56 Å². The van der Waals surface area contributed by atoms with Crippen molar-refractivity contribution in [2.45, 2.75) is 11.8 Å². The average molecular weight is 340 g/mol. The Kier molecular flexibility index (Phi) is 5.07. The molecule has 0 atom stereocenters. The molecule has 0 fully saturated rings. The Bertz CT molecular complexity index is 821. The maximum Gasteiger partial charge on any atom is 0.241 e. The number of hydrogen-bond acceptors (Lipinski definition) is 3. The van der Waals surface area contributed by atoms with E-state index in [9.17, 15) is 22.0 Å². The highest BCUT2D eigenvalue weighted by Crippen LogP contribution is 2.13. The van der Waals surface area contributed by atoms with Crippen LogP contribution < -0.4 is 10.0 Å². The lowest BCUT2D eigenvalue weighted by Crippen LogP contribution is -2.32. The second kappa shape index (κ2) is 6.84. The summed E-state index contributed by atoms with van der Waals surface area (Å²) in [5.74, 6) is -2.85. The molecule has 2 aromatic carbocycles. The molecule has 0 aromatic heterocycles. The molecule has 5 nitrogen and oxygen atoms in total. The van der Waals surface area contributed by atoms with Gasteiger partial charge in [0.05, 0.1) is 11.4 Å². The summed E-state index contributed by atoms with van der Waals surface area (Å²) >= 11 is 0. The van der Waals surface area contributed by atoms with Crippen molar-refractivity contribution in [3.8, 4) is 0 Å². The summed E-state index contributed by atoms with van der Waals surface area (Å²) in [6, 6.07) is 8.95. The van der Waals surface area contributed by atoms with Gasteiger partial charge >= 0.3 is 0 Å². The average Bonchev–Trinajstić information content (AvgIpc) is 2.50. The van der Waals surface area contributed by atoms with Crippen LogP contribution >= 0.6 is 0 Å². The van der Waals surface area contributed by atoms with Gasteiger partial charge in [-0.2, -0.15) is 0 Å². The van der Waals surface area contributed by atoms with Crippen LogP contribution in [0.15, 0.2) is 47.4 Å². The van der Waals surface area contributed by atoms with Crippen LogP contribution in [0.4, 0.5) is 14.5 Å². The zero-order chi connectivity index (χ0) is 17.0. The summed E-state index contributed by atoms with van der Waals surface area (Å²) < 4.78 is 51.9. The first-order valence-electron chi connectivity index (χ1n) is 6.59. The van der Waals surface area contributed by atoms with Gasteiger partial charge < -0.3 is 5.32 Å². The number of rotatable bonds is 5. The first-order chi connectivity index (χ1) is 10.8. The number of carbonyl (C=O) groups is 1. The first kappa shape index (κ1) is 17.0. The molecule has 0 unspecified atom stereocenters. The highest BCUT2D eigenvalue weighted by Gasteiger charge is 2.15. The van der Waals surface area contributed by atoms with Crippen LogP contribution in [0.2, 0.25) is 0 Å². The smallest absolute Gasteiger partial charge is 0.241 e. The van der Waals surface area contributed by atoms with E-state index >= 15 is 0 Å². The molecular weight excluding hydrogens is 326 g/mol. The van der Waals surface area contributed by atoms with Crippen molar-refractivity contribution >= 4 is 21.6 Å². The van der Waals surface area contributed by atoms with E-state index in [2.05, 4.69) is 10.0 Å². The minimum absolute atomic E-state index is 0.0310. The standard InChI is InChI=1S/C15H14F2N2O3S/c1-10-2-5-12(6-3-10)23(21,22)18-9-15(20)19-11-4-7-13(16)14(17)8-11/h2-8,18H,9H2,1H3,(H,19,20). The minimum Gasteiger partial charge on any atom is -0.325 e. The molecular formula is C15H14F2N2O3S. The quantitative estimate of drug-likeness (QED) is 0.876. The summed E-state index contributed by atoms with van der Waals surface area (Å²) in [6.45, 7) is 1.29. The molecule has 23 heavy (non-hydrogen) atoms. The topological polar surface area (TPSA) is 75.3 Å². The van der Waals surface area contributed by atoms with Gasteiger partial charge in [-0.05, 0) is 31.2 Å². The monoisotopic (exact) mass is 340 g/mol. The van der Waals surface area contributed by atoms with E-state index < -0.39 is 34.1 Å². The first-order valence-corrected chi connectivity index (χ1v) is 8.07. The molecule has 2 rings (SSSR count). The summed E-state index contributed by atoms with van der Waals surface area (Å²) in [7, 11) is -3.82. The van der Waals surface area contributed by atoms with E-state index in [1.54, 1.807) is 12.1 Å². The van der Waals surface area contributed by atoms with Crippen molar-refractivity contribution in [2.24, 2.45) is 0 Å². The molecule has 0 aliphatic rings. The zero-order valence-corrected chi connectivity index (χ0v) is 13.0. The predicted octanol–water partition coefficient (Wildman–Crippen LogP) is 2.19. The number of anilines is 1. The van der Waals surface area contributed by atoms with E-state index in [4.69, 9.17) is 0 Å². The molecule has 2 aromatic rings. The van der Waals surface area contributed by atoms with Crippen molar-refractivity contribution in [1.29, 1.82) is 0 Å². The lowest BCUT2D eigenvalue weighted by atomic mass is 10.2. The van der Waals surface area contributed by atoms with E-state index in [0.717, 1.165) is 17.7 Å². The van der Waals surface area contributed by atoms with E-state index in [0.29, 0.717) is 0 Å². The largest absolute Gasteiger partial charge is 0.325 e. The minimum atomic E-state index is -3.82. The molecule has 0 aliphatic heterocycles. The van der Waals surface area contributed by atoms with Gasteiger partial charge in [-0.3, -0.25) is 4.79 Å². The van der Waals surface area contributed by atoms with Gasteiger partial charge in [-0.25, -0.2) is 21.9 Å². The van der Waals surface area contributed by atoms with E-state index in [1.165, 1.54) is 18.2 Å². The van der Waals surface area contributed by atoms with Gasteiger partial charge in [0, 0.05) is 11.8 Å². The summed E-state index contributed by atoms with van der Waals surface area (Å²) in [5.41, 5.74) is 0.934. The van der Waals surface area contributed by atoms with Crippen molar-refractivity contribution in [3.05, 3.63) is 59.7 Å². The fraction of sp³-hybridized carbons (Fsp3) is 0.133. The van der Waals surface area contributed by atoms with Crippen LogP contribution in [0.3, 0.4) is 0 Å². The highest BCUT2D eigenvalue weighted by molar-refractivity contribution is 7.89. The lowest BCUT2D eigenvalue weighted by molar-refractivity contribution is -0.115. The Morgan fingerprint density at radius 1 is 1.04 bits per heavy atom. The summed E-state index contributed by atoms with van der Waals surface area (Å²) in [5, 5.41) is 2.27. The van der Waals surface area contributed by atoms with Crippen LogP contribution in [-0.4, -0.2) is 20.9 Å². The fourth-order valence-corrected chi connectivity index (χ4v) is 2.72. The summed E-state index contributed by atoms with van der Waals surface area (Å²) in [4.78, 5) is 11.7. The van der Waals surface area contributed by atoms with Crippen LogP contribution in [0.25, 0.3) is 0 Å². The van der Waals surface area contributed by atoms with Crippen molar-refractivity contribution in [2.75, 3.05) is 11.9 Å². The second-order valence-corrected chi connectivity index (χ2v) is 6.58. The predicted molar refractivity (Wildman–Crippen MR) is 81.4 cm³/mol. The Morgan fingerprint density at radius 3 is 2.30 bits per heavy atom. The summed E-state index contributed by atoms with van der Waals surface area (Å²) in [6.07, 6.45) is 0. The molecule has 122 valence electrons. The second-order valence-electron chi connectivity index (χ2n) is 4.81. The van der Waals surface area contributed by atoms with Gasteiger partial charge in [0.2, 0.25) is 15.9 Å². The molecule has 0 bridgehead atoms. The third-order valence-corrected chi connectivity index (χ3v) is 4.37. The number of aryl methyl sites for hydroxylation is 1. The number of benzene rings is 2. The third-order valence-electron chi connectivity index (χ3n) is 2.96. The van der Waals surface area contributed by atoms with Gasteiger partial charge in [0.1, 0.15) is 0 Å². The Labute approximate surface area is 132 Å². The SMILES string of the molecule is Cc1ccc(S(=O)(=O)NCC(=O)Nc2ccc(F)c(F)c2)cc1. The zero-order valence-electron chi connectivity index (χ0n) is 12.1. The number of amides is 1. The number of halogens is 2. The highest BCUT2D eigenvalue weighted by atomic mass is 32.2. The Balaban J connectivity index is 1.98. The van der Waals surface area contributed by atoms with Crippen LogP contribution in [0, 0.1) is 18.6 Å². The molecule has 2 N–H and O–H groups in total. The van der Waals surface area contributed by atoms with Crippen LogP contribution in [-0.2, 0) is 14.8 Å². The lowest BCUT2D eigenvalue weighted by Gasteiger charge is -2.08. The van der Waals surface area contributed by atoms with Crippen molar-refractivity contribution in [3.63, 3.8) is 0 Å². The van der Waals surface area contributed by atoms with E-state index in [-0.39, 0.29) is 10.6 Å². The Hall–Kier alpha value is -2.32. The van der Waals surface area contributed by atoms with Gasteiger partial charge in [-0.1, -0.05) is 17.7 Å². The number of carbonyl (C=O) groups excluding carboxylic acids is 1. The molecule has 1 amide bonds. The number of nitrogens with one attached hydrogen (secondary N) is 2. The number of sulfonamides is 1. The fourth-order valence-electron chi connectivity index (χ4n) is 1.74. The molecule has 0 heterocycles. The molecule has 0 saturated carbocycles. The Morgan fingerprint density at radius 2 is 1.70 bits per heavy atom.